The van der Waals surface area contributed by atoms with Crippen LogP contribution >= 0.6 is 11.8 Å². The van der Waals surface area contributed by atoms with Crippen LogP contribution in [0.4, 0.5) is 5.69 Å². The van der Waals surface area contributed by atoms with Crippen LogP contribution in [0.25, 0.3) is 11.1 Å². The molecule has 0 saturated heterocycles. The van der Waals surface area contributed by atoms with Crippen molar-refractivity contribution in [1.29, 1.82) is 0 Å². The summed E-state index contributed by atoms with van der Waals surface area (Å²) in [7, 11) is -0.577. The molecule has 0 bridgehead atoms. The molecule has 1 heterocycles. The van der Waals surface area contributed by atoms with Crippen LogP contribution in [0.1, 0.15) is 6.42 Å². The smallest absolute Gasteiger partial charge is 0.269 e. The number of nitro benzene ring substituents is 1. The molecule has 0 unspecified atom stereocenters. The minimum atomic E-state index is -3.53. The monoisotopic (exact) mass is 437 g/mol. The SMILES string of the molecule is CN(C)S(=O)(=O)c1ccc2oc(SCCCOc3ccc([N+](=O)[O-])cc3)nc2c1. The fraction of sp³-hybridized carbons (Fsp3) is 0.278. The normalized spacial score (nSPS) is 11.8. The lowest BCUT2D eigenvalue weighted by Gasteiger charge is -2.10. The van der Waals surface area contributed by atoms with Gasteiger partial charge in [0.25, 0.3) is 10.9 Å². The van der Waals surface area contributed by atoms with E-state index in [4.69, 9.17) is 9.15 Å². The third-order valence-electron chi connectivity index (χ3n) is 3.95. The molecule has 11 heteroatoms. The fourth-order valence-corrected chi connectivity index (χ4v) is 4.06. The van der Waals surface area contributed by atoms with Gasteiger partial charge in [-0.1, -0.05) is 11.8 Å². The zero-order chi connectivity index (χ0) is 21.0. The Balaban J connectivity index is 1.52. The highest BCUT2D eigenvalue weighted by atomic mass is 32.2. The number of hydrogen-bond donors (Lipinski definition) is 0. The first kappa shape index (κ1) is 21.1. The van der Waals surface area contributed by atoms with Crippen molar-refractivity contribution in [1.82, 2.24) is 9.29 Å². The minimum absolute atomic E-state index is 0.0189. The molecule has 0 spiro atoms. The summed E-state index contributed by atoms with van der Waals surface area (Å²) in [5, 5.41) is 11.1. The van der Waals surface area contributed by atoms with Crippen LogP contribution in [-0.4, -0.2) is 49.1 Å². The van der Waals surface area contributed by atoms with Crippen LogP contribution in [0.2, 0.25) is 0 Å². The number of sulfonamides is 1. The van der Waals surface area contributed by atoms with Gasteiger partial charge in [-0.3, -0.25) is 10.1 Å². The van der Waals surface area contributed by atoms with E-state index in [9.17, 15) is 18.5 Å². The molecule has 154 valence electrons. The van der Waals surface area contributed by atoms with E-state index < -0.39 is 14.9 Å². The van der Waals surface area contributed by atoms with Crippen LogP contribution < -0.4 is 4.74 Å². The Morgan fingerprint density at radius 2 is 1.93 bits per heavy atom. The Hall–Kier alpha value is -2.63. The van der Waals surface area contributed by atoms with Gasteiger partial charge in [-0.15, -0.1) is 0 Å². The van der Waals surface area contributed by atoms with Gasteiger partial charge in [0.2, 0.25) is 10.0 Å². The van der Waals surface area contributed by atoms with Gasteiger partial charge in [0.1, 0.15) is 11.3 Å². The first-order valence-electron chi connectivity index (χ1n) is 8.60. The maximum Gasteiger partial charge on any atom is 0.269 e. The van der Waals surface area contributed by atoms with Gasteiger partial charge in [-0.05, 0) is 36.8 Å². The van der Waals surface area contributed by atoms with Crippen LogP contribution in [-0.2, 0) is 10.0 Å². The van der Waals surface area contributed by atoms with Crippen molar-refractivity contribution in [3.63, 3.8) is 0 Å². The number of aromatic nitrogens is 1. The number of nitrogens with zero attached hydrogens (tertiary/aromatic N) is 3. The van der Waals surface area contributed by atoms with Crippen molar-refractivity contribution in [2.75, 3.05) is 26.5 Å². The summed E-state index contributed by atoms with van der Waals surface area (Å²) >= 11 is 1.40. The molecule has 0 atom stereocenters. The van der Waals surface area contributed by atoms with Crippen LogP contribution in [0, 0.1) is 10.1 Å². The van der Waals surface area contributed by atoms with Gasteiger partial charge in [0.05, 0.1) is 16.4 Å². The molecule has 0 N–H and O–H groups in total. The van der Waals surface area contributed by atoms with Gasteiger partial charge in [0.15, 0.2) is 5.58 Å². The Morgan fingerprint density at radius 3 is 2.59 bits per heavy atom. The average Bonchev–Trinajstić information content (AvgIpc) is 3.10. The second-order valence-electron chi connectivity index (χ2n) is 6.20. The third-order valence-corrected chi connectivity index (χ3v) is 6.67. The second kappa shape index (κ2) is 8.80. The molecule has 2 aromatic carbocycles. The summed E-state index contributed by atoms with van der Waals surface area (Å²) in [5.41, 5.74) is 1.02. The second-order valence-corrected chi connectivity index (χ2v) is 9.40. The largest absolute Gasteiger partial charge is 0.494 e. The molecular formula is C18H19N3O6S2. The Morgan fingerprint density at radius 1 is 1.21 bits per heavy atom. The van der Waals surface area contributed by atoms with E-state index in [2.05, 4.69) is 4.98 Å². The molecule has 1 aromatic heterocycles. The molecule has 0 fully saturated rings. The van der Waals surface area contributed by atoms with Gasteiger partial charge in [-0.25, -0.2) is 17.7 Å². The minimum Gasteiger partial charge on any atom is -0.494 e. The van der Waals surface area contributed by atoms with Gasteiger partial charge in [0, 0.05) is 32.0 Å². The van der Waals surface area contributed by atoms with E-state index in [0.29, 0.717) is 40.9 Å². The van der Waals surface area contributed by atoms with Crippen LogP contribution in [0.5, 0.6) is 5.75 Å². The molecule has 0 aliphatic heterocycles. The van der Waals surface area contributed by atoms with Crippen molar-refractivity contribution in [3.8, 4) is 5.75 Å². The molecule has 29 heavy (non-hydrogen) atoms. The Kier molecular flexibility index (Phi) is 6.40. The average molecular weight is 437 g/mol. The number of non-ortho nitro benzene ring substituents is 1. The summed E-state index contributed by atoms with van der Waals surface area (Å²) in [6, 6.07) is 10.5. The molecule has 3 aromatic rings. The standard InChI is InChI=1S/C18H19N3O6S2/c1-20(2)29(24,25)15-8-9-17-16(12-15)19-18(27-17)28-11-3-10-26-14-6-4-13(5-7-14)21(22)23/h4-9,12H,3,10-11H2,1-2H3. The number of thioether (sulfide) groups is 1. The van der Waals surface area contributed by atoms with Gasteiger partial charge >= 0.3 is 0 Å². The zero-order valence-electron chi connectivity index (χ0n) is 15.8. The van der Waals surface area contributed by atoms with Gasteiger partial charge in [-0.2, -0.15) is 0 Å². The Bertz CT molecular complexity index is 1110. The molecule has 9 nitrogen and oxygen atoms in total. The van der Waals surface area contributed by atoms with Crippen molar-refractivity contribution in [3.05, 3.63) is 52.6 Å². The van der Waals surface area contributed by atoms with Crippen molar-refractivity contribution in [2.24, 2.45) is 0 Å². The molecule has 0 saturated carbocycles. The summed E-state index contributed by atoms with van der Waals surface area (Å²) < 4.78 is 36.8. The quantitative estimate of drug-likeness (QED) is 0.216. The summed E-state index contributed by atoms with van der Waals surface area (Å²) in [4.78, 5) is 14.7. The highest BCUT2D eigenvalue weighted by molar-refractivity contribution is 7.99. The molecule has 0 aliphatic carbocycles. The number of ether oxygens (including phenoxy) is 1. The molecule has 3 rings (SSSR count). The van der Waals surface area contributed by atoms with Crippen LogP contribution in [0.3, 0.4) is 0 Å². The fourth-order valence-electron chi connectivity index (χ4n) is 2.39. The number of benzene rings is 2. The highest BCUT2D eigenvalue weighted by Gasteiger charge is 2.19. The number of rotatable bonds is 9. The first-order valence-corrected chi connectivity index (χ1v) is 11.0. The number of oxazole rings is 1. The summed E-state index contributed by atoms with van der Waals surface area (Å²) in [6.07, 6.45) is 0.709. The maximum atomic E-state index is 12.2. The lowest BCUT2D eigenvalue weighted by molar-refractivity contribution is -0.384. The van der Waals surface area contributed by atoms with Crippen molar-refractivity contribution >= 4 is 38.6 Å². The number of fused-ring (bicyclic) bond motifs is 1. The van der Waals surface area contributed by atoms with E-state index >= 15 is 0 Å². The molecular weight excluding hydrogens is 418 g/mol. The number of hydrogen-bond acceptors (Lipinski definition) is 8. The van der Waals surface area contributed by atoms with Gasteiger partial charge < -0.3 is 9.15 Å². The van der Waals surface area contributed by atoms with E-state index in [-0.39, 0.29) is 10.6 Å². The topological polar surface area (TPSA) is 116 Å². The molecule has 0 radical (unpaired) electrons. The predicted molar refractivity (Wildman–Crippen MR) is 109 cm³/mol. The van der Waals surface area contributed by atoms with E-state index in [0.717, 1.165) is 4.31 Å². The lowest BCUT2D eigenvalue weighted by Crippen LogP contribution is -2.22. The molecule has 0 amide bonds. The zero-order valence-corrected chi connectivity index (χ0v) is 17.4. The third kappa shape index (κ3) is 5.05. The summed E-state index contributed by atoms with van der Waals surface area (Å²) in [5.74, 6) is 1.25. The van der Waals surface area contributed by atoms with E-state index in [1.54, 1.807) is 18.2 Å². The van der Waals surface area contributed by atoms with Crippen molar-refractivity contribution in [2.45, 2.75) is 16.5 Å². The maximum absolute atomic E-state index is 12.2. The van der Waals surface area contributed by atoms with Crippen LogP contribution in [0.15, 0.2) is 57.0 Å². The van der Waals surface area contributed by atoms with Crippen molar-refractivity contribution < 1.29 is 22.5 Å². The van der Waals surface area contributed by atoms with E-state index in [1.807, 2.05) is 0 Å². The Labute approximate surface area is 171 Å². The predicted octanol–water partition coefficient (Wildman–Crippen LogP) is 3.55. The van der Waals surface area contributed by atoms with E-state index in [1.165, 1.54) is 50.1 Å². The molecule has 0 aliphatic rings. The lowest BCUT2D eigenvalue weighted by atomic mass is 10.3. The number of nitro groups is 1. The first-order chi connectivity index (χ1) is 13.8. The summed E-state index contributed by atoms with van der Waals surface area (Å²) in [6.45, 7) is 0.441. The highest BCUT2D eigenvalue weighted by Crippen LogP contribution is 2.26.